The van der Waals surface area contributed by atoms with Crippen molar-refractivity contribution in [3.8, 4) is 0 Å². The van der Waals surface area contributed by atoms with Crippen LogP contribution in [-0.2, 0) is 0 Å². The number of nitrogens with one attached hydrogen (secondary N) is 1. The predicted octanol–water partition coefficient (Wildman–Crippen LogP) is 2.92. The van der Waals surface area contributed by atoms with Crippen molar-refractivity contribution in [3.63, 3.8) is 0 Å². The topological polar surface area (TPSA) is 73.4 Å². The van der Waals surface area contributed by atoms with Gasteiger partial charge in [0.2, 0.25) is 0 Å². The number of para-hydroxylation sites is 1. The molecule has 0 atom stereocenters. The number of hydrogen-bond acceptors (Lipinski definition) is 3. The number of imide groups is 1. The summed E-state index contributed by atoms with van der Waals surface area (Å²) in [5, 5.41) is 11.1. The number of aliphatic hydroxyl groups excluding tert-OH is 1. The van der Waals surface area contributed by atoms with Crippen LogP contribution in [0.1, 0.15) is 38.3 Å². The molecule has 0 bridgehead atoms. The maximum Gasteiger partial charge on any atom is 0.261 e. The molecule has 0 aliphatic carbocycles. The van der Waals surface area contributed by atoms with Crippen LogP contribution in [0.2, 0.25) is 0 Å². The van der Waals surface area contributed by atoms with Crippen LogP contribution in [0.25, 0.3) is 21.8 Å². The van der Waals surface area contributed by atoms with Gasteiger partial charge in [-0.15, -0.1) is 0 Å². The van der Waals surface area contributed by atoms with Gasteiger partial charge in [0, 0.05) is 29.4 Å². The summed E-state index contributed by atoms with van der Waals surface area (Å²) >= 11 is 0. The molecule has 24 heavy (non-hydrogen) atoms. The molecule has 4 rings (SSSR count). The van der Waals surface area contributed by atoms with Gasteiger partial charge in [-0.2, -0.15) is 0 Å². The zero-order chi connectivity index (χ0) is 17.0. The summed E-state index contributed by atoms with van der Waals surface area (Å²) in [6.07, 6.45) is 0.393. The third-order valence-corrected chi connectivity index (χ3v) is 4.91. The molecule has 0 radical (unpaired) electrons. The maximum absolute atomic E-state index is 12.8. The minimum absolute atomic E-state index is 0.0448. The summed E-state index contributed by atoms with van der Waals surface area (Å²) in [5.41, 5.74) is 4.57. The van der Waals surface area contributed by atoms with Gasteiger partial charge in [-0.25, -0.2) is 0 Å². The van der Waals surface area contributed by atoms with Gasteiger partial charge < -0.3 is 10.1 Å². The van der Waals surface area contributed by atoms with Gasteiger partial charge in [-0.1, -0.05) is 18.2 Å². The monoisotopic (exact) mass is 322 g/mol. The molecule has 1 aliphatic heterocycles. The lowest BCUT2D eigenvalue weighted by molar-refractivity contribution is 0.0645. The Kier molecular flexibility index (Phi) is 3.21. The van der Waals surface area contributed by atoms with Crippen LogP contribution < -0.4 is 0 Å². The van der Waals surface area contributed by atoms with Crippen molar-refractivity contribution < 1.29 is 14.7 Å². The molecule has 2 heterocycles. The number of rotatable bonds is 3. The molecule has 5 heteroatoms. The van der Waals surface area contributed by atoms with E-state index < -0.39 is 0 Å². The van der Waals surface area contributed by atoms with Crippen molar-refractivity contribution in [2.45, 2.75) is 20.3 Å². The van der Waals surface area contributed by atoms with Gasteiger partial charge in [0.25, 0.3) is 11.8 Å². The van der Waals surface area contributed by atoms with Crippen molar-refractivity contribution in [2.75, 3.05) is 13.2 Å². The van der Waals surface area contributed by atoms with Gasteiger partial charge in [0.1, 0.15) is 0 Å². The summed E-state index contributed by atoms with van der Waals surface area (Å²) in [5.74, 6) is -0.513. The molecule has 2 amide bonds. The Morgan fingerprint density at radius 1 is 1.04 bits per heavy atom. The van der Waals surface area contributed by atoms with Crippen LogP contribution >= 0.6 is 0 Å². The number of carbonyl (C=O) groups is 2. The highest BCUT2D eigenvalue weighted by atomic mass is 16.3. The van der Waals surface area contributed by atoms with Crippen LogP contribution in [0, 0.1) is 13.8 Å². The zero-order valence-corrected chi connectivity index (χ0v) is 13.6. The summed E-state index contributed by atoms with van der Waals surface area (Å²) in [6.45, 7) is 3.99. The smallest absolute Gasteiger partial charge is 0.261 e. The number of carbonyl (C=O) groups excluding carboxylic acids is 2. The standard InChI is InChI=1S/C19H18N2O3/c1-10-14-12-6-3-4-7-13(12)20-17(14)11(2)16-15(10)18(23)21(19(16)24)8-5-9-22/h3-4,6-7,20,22H,5,8-9H2,1-2H3. The molecular weight excluding hydrogens is 304 g/mol. The second-order valence-corrected chi connectivity index (χ2v) is 6.26. The average Bonchev–Trinajstić information content (AvgIpc) is 3.08. The molecule has 5 nitrogen and oxygen atoms in total. The van der Waals surface area contributed by atoms with Crippen molar-refractivity contribution in [1.29, 1.82) is 0 Å². The number of fused-ring (bicyclic) bond motifs is 4. The first-order valence-corrected chi connectivity index (χ1v) is 8.07. The second kappa shape index (κ2) is 5.18. The number of aromatic amines is 1. The largest absolute Gasteiger partial charge is 0.396 e. The van der Waals surface area contributed by atoms with E-state index in [1.807, 2.05) is 38.1 Å². The molecule has 0 unspecified atom stereocenters. The normalized spacial score (nSPS) is 14.2. The minimum atomic E-state index is -0.260. The lowest BCUT2D eigenvalue weighted by Crippen LogP contribution is -2.31. The fraction of sp³-hybridized carbons (Fsp3) is 0.263. The molecule has 0 spiro atoms. The van der Waals surface area contributed by atoms with E-state index in [2.05, 4.69) is 4.98 Å². The number of nitrogens with zero attached hydrogens (tertiary/aromatic N) is 1. The van der Waals surface area contributed by atoms with Crippen LogP contribution in [0.4, 0.5) is 0 Å². The Morgan fingerprint density at radius 2 is 1.71 bits per heavy atom. The lowest BCUT2D eigenvalue weighted by Gasteiger charge is -2.12. The Hall–Kier alpha value is -2.66. The molecule has 0 saturated heterocycles. The van der Waals surface area contributed by atoms with E-state index in [0.717, 1.165) is 32.9 Å². The first-order valence-electron chi connectivity index (χ1n) is 8.07. The number of aliphatic hydroxyl groups is 1. The second-order valence-electron chi connectivity index (χ2n) is 6.26. The highest BCUT2D eigenvalue weighted by Crippen LogP contribution is 2.38. The highest BCUT2D eigenvalue weighted by Gasteiger charge is 2.39. The van der Waals surface area contributed by atoms with Crippen molar-refractivity contribution in [1.82, 2.24) is 9.88 Å². The number of amides is 2. The quantitative estimate of drug-likeness (QED) is 0.728. The molecule has 2 N–H and O–H groups in total. The predicted molar refractivity (Wildman–Crippen MR) is 92.3 cm³/mol. The number of H-pyrrole nitrogens is 1. The van der Waals surface area contributed by atoms with Crippen LogP contribution in [-0.4, -0.2) is 40.0 Å². The van der Waals surface area contributed by atoms with Crippen LogP contribution in [0.3, 0.4) is 0 Å². The third kappa shape index (κ3) is 1.79. The van der Waals surface area contributed by atoms with E-state index in [9.17, 15) is 9.59 Å². The maximum atomic E-state index is 12.8. The first kappa shape index (κ1) is 14.9. The minimum Gasteiger partial charge on any atom is -0.396 e. The Bertz CT molecular complexity index is 1020. The molecule has 3 aromatic rings. The molecular formula is C19H18N2O3. The molecule has 0 fully saturated rings. The van der Waals surface area contributed by atoms with Gasteiger partial charge >= 0.3 is 0 Å². The van der Waals surface area contributed by atoms with Gasteiger partial charge in [-0.3, -0.25) is 14.5 Å². The lowest BCUT2D eigenvalue weighted by atomic mass is 9.94. The van der Waals surface area contributed by atoms with Crippen molar-refractivity contribution in [2.24, 2.45) is 0 Å². The van der Waals surface area contributed by atoms with Gasteiger partial charge in [0.15, 0.2) is 0 Å². The van der Waals surface area contributed by atoms with E-state index in [-0.39, 0.29) is 25.0 Å². The SMILES string of the molecule is Cc1c2c(c(C)c3c1[nH]c1ccccc13)C(=O)N(CCCO)C2=O. The van der Waals surface area contributed by atoms with Gasteiger partial charge in [0.05, 0.1) is 16.6 Å². The number of aromatic nitrogens is 1. The molecule has 122 valence electrons. The number of hydrogen-bond donors (Lipinski definition) is 2. The molecule has 1 aromatic heterocycles. The van der Waals surface area contributed by atoms with Gasteiger partial charge in [-0.05, 0) is 37.5 Å². The van der Waals surface area contributed by atoms with E-state index in [1.165, 1.54) is 4.90 Å². The fourth-order valence-electron chi connectivity index (χ4n) is 3.77. The third-order valence-electron chi connectivity index (χ3n) is 4.91. The summed E-state index contributed by atoms with van der Waals surface area (Å²) in [6, 6.07) is 7.95. The first-order chi connectivity index (χ1) is 11.6. The van der Waals surface area contributed by atoms with Crippen molar-refractivity contribution in [3.05, 3.63) is 46.5 Å². The van der Waals surface area contributed by atoms with Crippen LogP contribution in [0.5, 0.6) is 0 Å². The molecule has 1 aliphatic rings. The zero-order valence-electron chi connectivity index (χ0n) is 13.6. The van der Waals surface area contributed by atoms with E-state index in [0.29, 0.717) is 17.5 Å². The Balaban J connectivity index is 2.04. The Labute approximate surface area is 138 Å². The number of benzene rings is 2. The van der Waals surface area contributed by atoms with Crippen LogP contribution in [0.15, 0.2) is 24.3 Å². The van der Waals surface area contributed by atoms with Crippen molar-refractivity contribution >= 4 is 33.6 Å². The van der Waals surface area contributed by atoms with E-state index in [1.54, 1.807) is 0 Å². The van der Waals surface area contributed by atoms with E-state index in [4.69, 9.17) is 5.11 Å². The fourth-order valence-corrected chi connectivity index (χ4v) is 3.77. The molecule has 2 aromatic carbocycles. The summed E-state index contributed by atoms with van der Waals surface area (Å²) in [4.78, 5) is 30.2. The molecule has 0 saturated carbocycles. The summed E-state index contributed by atoms with van der Waals surface area (Å²) < 4.78 is 0. The highest BCUT2D eigenvalue weighted by molar-refractivity contribution is 6.27. The average molecular weight is 322 g/mol. The van der Waals surface area contributed by atoms with E-state index >= 15 is 0 Å². The summed E-state index contributed by atoms with van der Waals surface area (Å²) in [7, 11) is 0. The number of aryl methyl sites for hydroxylation is 2. The Morgan fingerprint density at radius 3 is 2.42 bits per heavy atom.